The van der Waals surface area contributed by atoms with Crippen LogP contribution in [0, 0.1) is 6.92 Å². The number of anilines is 1. The number of tetrazole rings is 1. The van der Waals surface area contributed by atoms with Crippen molar-refractivity contribution in [2.45, 2.75) is 6.92 Å². The van der Waals surface area contributed by atoms with Gasteiger partial charge in [0.2, 0.25) is 0 Å². The second kappa shape index (κ2) is 5.54. The van der Waals surface area contributed by atoms with E-state index in [1.165, 1.54) is 11.0 Å². The predicted molar refractivity (Wildman–Crippen MR) is 78.3 cm³/mol. The molecule has 1 heterocycles. The second-order valence-corrected chi connectivity index (χ2v) is 4.59. The number of rotatable bonds is 3. The highest BCUT2D eigenvalue weighted by Crippen LogP contribution is 2.16. The molecule has 0 aliphatic carbocycles. The standard InChI is InChI=1S/C15H13N5O/c1-11-6-8-12(9-7-11)17-15(21)13-4-2-3-5-14(13)20-10-16-18-19-20/h2-10H,1H3,(H,17,21). The fourth-order valence-electron chi connectivity index (χ4n) is 1.97. The van der Waals surface area contributed by atoms with Gasteiger partial charge in [0.25, 0.3) is 5.91 Å². The van der Waals surface area contributed by atoms with E-state index in [1.807, 2.05) is 37.3 Å². The molecule has 104 valence electrons. The Morgan fingerprint density at radius 2 is 1.86 bits per heavy atom. The summed E-state index contributed by atoms with van der Waals surface area (Å²) in [5.41, 5.74) is 3.02. The van der Waals surface area contributed by atoms with Crippen molar-refractivity contribution in [3.8, 4) is 5.69 Å². The average molecular weight is 279 g/mol. The Balaban J connectivity index is 1.90. The maximum absolute atomic E-state index is 12.4. The van der Waals surface area contributed by atoms with Crippen molar-refractivity contribution in [1.29, 1.82) is 0 Å². The molecule has 1 aromatic heterocycles. The first kappa shape index (κ1) is 13.0. The molecule has 6 nitrogen and oxygen atoms in total. The van der Waals surface area contributed by atoms with E-state index in [0.29, 0.717) is 11.3 Å². The van der Waals surface area contributed by atoms with Crippen molar-refractivity contribution in [3.63, 3.8) is 0 Å². The number of benzene rings is 2. The van der Waals surface area contributed by atoms with E-state index in [9.17, 15) is 4.79 Å². The number of hydrogen-bond acceptors (Lipinski definition) is 4. The maximum atomic E-state index is 12.4. The fraction of sp³-hybridized carbons (Fsp3) is 0.0667. The highest BCUT2D eigenvalue weighted by atomic mass is 16.1. The van der Waals surface area contributed by atoms with Gasteiger partial charge in [-0.3, -0.25) is 4.79 Å². The molecule has 6 heteroatoms. The van der Waals surface area contributed by atoms with Crippen molar-refractivity contribution >= 4 is 11.6 Å². The minimum absolute atomic E-state index is 0.204. The van der Waals surface area contributed by atoms with Crippen LogP contribution in [0.15, 0.2) is 54.9 Å². The molecule has 0 unspecified atom stereocenters. The molecule has 0 saturated heterocycles. The van der Waals surface area contributed by atoms with Gasteiger partial charge in [0.05, 0.1) is 11.3 Å². The molecule has 0 atom stereocenters. The Labute approximate surface area is 121 Å². The van der Waals surface area contributed by atoms with Crippen molar-refractivity contribution in [1.82, 2.24) is 20.2 Å². The molecule has 0 aliphatic heterocycles. The molecule has 1 N–H and O–H groups in total. The molecule has 0 saturated carbocycles. The van der Waals surface area contributed by atoms with Crippen LogP contribution < -0.4 is 5.32 Å². The van der Waals surface area contributed by atoms with Crippen LogP contribution >= 0.6 is 0 Å². The molecule has 0 fully saturated rings. The summed E-state index contributed by atoms with van der Waals surface area (Å²) >= 11 is 0. The zero-order valence-electron chi connectivity index (χ0n) is 11.4. The van der Waals surface area contributed by atoms with Gasteiger partial charge in [-0.15, -0.1) is 5.10 Å². The van der Waals surface area contributed by atoms with Crippen LogP contribution in [0.4, 0.5) is 5.69 Å². The van der Waals surface area contributed by atoms with Crippen LogP contribution in [-0.4, -0.2) is 26.1 Å². The number of para-hydroxylation sites is 1. The summed E-state index contributed by atoms with van der Waals surface area (Å²) in [4.78, 5) is 12.4. The number of nitrogens with one attached hydrogen (secondary N) is 1. The van der Waals surface area contributed by atoms with Gasteiger partial charge in [0, 0.05) is 5.69 Å². The highest BCUT2D eigenvalue weighted by molar-refractivity contribution is 6.06. The lowest BCUT2D eigenvalue weighted by atomic mass is 10.1. The third kappa shape index (κ3) is 2.79. The topological polar surface area (TPSA) is 72.7 Å². The first-order valence-corrected chi connectivity index (χ1v) is 6.44. The lowest BCUT2D eigenvalue weighted by molar-refractivity contribution is 0.102. The summed E-state index contributed by atoms with van der Waals surface area (Å²) < 4.78 is 1.46. The number of aromatic nitrogens is 4. The van der Waals surface area contributed by atoms with Crippen LogP contribution in [0.25, 0.3) is 5.69 Å². The Morgan fingerprint density at radius 3 is 2.57 bits per heavy atom. The van der Waals surface area contributed by atoms with E-state index in [1.54, 1.807) is 18.2 Å². The van der Waals surface area contributed by atoms with Gasteiger partial charge in [0.15, 0.2) is 0 Å². The molecular weight excluding hydrogens is 266 g/mol. The van der Waals surface area contributed by atoms with Crippen molar-refractivity contribution in [3.05, 3.63) is 66.0 Å². The Bertz CT molecular complexity index is 750. The molecular formula is C15H13N5O. The third-order valence-electron chi connectivity index (χ3n) is 3.05. The van der Waals surface area contributed by atoms with E-state index in [-0.39, 0.29) is 5.91 Å². The number of amides is 1. The molecule has 2 aromatic carbocycles. The zero-order chi connectivity index (χ0) is 14.7. The quantitative estimate of drug-likeness (QED) is 0.798. The monoisotopic (exact) mass is 279 g/mol. The van der Waals surface area contributed by atoms with E-state index in [4.69, 9.17) is 0 Å². The van der Waals surface area contributed by atoms with Gasteiger partial charge < -0.3 is 5.32 Å². The summed E-state index contributed by atoms with van der Waals surface area (Å²) in [7, 11) is 0. The molecule has 0 radical (unpaired) electrons. The number of carbonyl (C=O) groups excluding carboxylic acids is 1. The van der Waals surface area contributed by atoms with Crippen LogP contribution in [0.1, 0.15) is 15.9 Å². The van der Waals surface area contributed by atoms with Gasteiger partial charge in [-0.25, -0.2) is 0 Å². The average Bonchev–Trinajstić information content (AvgIpc) is 3.04. The van der Waals surface area contributed by atoms with Crippen LogP contribution in [0.5, 0.6) is 0 Å². The minimum atomic E-state index is -0.204. The number of hydrogen-bond donors (Lipinski definition) is 1. The lowest BCUT2D eigenvalue weighted by Gasteiger charge is -2.09. The van der Waals surface area contributed by atoms with Gasteiger partial charge in [-0.2, -0.15) is 4.68 Å². The summed E-state index contributed by atoms with van der Waals surface area (Å²) in [6.45, 7) is 2.00. The van der Waals surface area contributed by atoms with E-state index in [0.717, 1.165) is 11.3 Å². The molecule has 1 amide bonds. The summed E-state index contributed by atoms with van der Waals surface area (Å²) in [5, 5.41) is 13.9. The smallest absolute Gasteiger partial charge is 0.257 e. The van der Waals surface area contributed by atoms with Gasteiger partial charge in [-0.1, -0.05) is 29.8 Å². The summed E-state index contributed by atoms with van der Waals surface area (Å²) in [6.07, 6.45) is 1.46. The predicted octanol–water partition coefficient (Wildman–Crippen LogP) is 2.22. The lowest BCUT2D eigenvalue weighted by Crippen LogP contribution is -2.15. The normalized spacial score (nSPS) is 10.3. The first-order valence-electron chi connectivity index (χ1n) is 6.44. The van der Waals surface area contributed by atoms with Gasteiger partial charge in [0.1, 0.15) is 6.33 Å². The maximum Gasteiger partial charge on any atom is 0.257 e. The fourth-order valence-corrected chi connectivity index (χ4v) is 1.97. The third-order valence-corrected chi connectivity index (χ3v) is 3.05. The van der Waals surface area contributed by atoms with Crippen molar-refractivity contribution < 1.29 is 4.79 Å². The molecule has 21 heavy (non-hydrogen) atoms. The largest absolute Gasteiger partial charge is 0.322 e. The van der Waals surface area contributed by atoms with Gasteiger partial charge in [-0.05, 0) is 41.6 Å². The molecule has 0 bridgehead atoms. The SMILES string of the molecule is Cc1ccc(NC(=O)c2ccccc2-n2cnnn2)cc1. The number of aryl methyl sites for hydroxylation is 1. The second-order valence-electron chi connectivity index (χ2n) is 4.59. The summed E-state index contributed by atoms with van der Waals surface area (Å²) in [6, 6.07) is 14.8. The van der Waals surface area contributed by atoms with Crippen molar-refractivity contribution in [2.24, 2.45) is 0 Å². The Kier molecular flexibility index (Phi) is 3.42. The van der Waals surface area contributed by atoms with E-state index >= 15 is 0 Å². The van der Waals surface area contributed by atoms with E-state index < -0.39 is 0 Å². The highest BCUT2D eigenvalue weighted by Gasteiger charge is 2.13. The Morgan fingerprint density at radius 1 is 1.10 bits per heavy atom. The van der Waals surface area contributed by atoms with E-state index in [2.05, 4.69) is 20.8 Å². The van der Waals surface area contributed by atoms with Gasteiger partial charge >= 0.3 is 0 Å². The molecule has 3 aromatic rings. The Hall–Kier alpha value is -3.02. The first-order chi connectivity index (χ1) is 10.2. The molecule has 0 spiro atoms. The van der Waals surface area contributed by atoms with Crippen LogP contribution in [0.2, 0.25) is 0 Å². The summed E-state index contributed by atoms with van der Waals surface area (Å²) in [5.74, 6) is -0.204. The van der Waals surface area contributed by atoms with Crippen molar-refractivity contribution in [2.75, 3.05) is 5.32 Å². The van der Waals surface area contributed by atoms with Crippen LogP contribution in [0.3, 0.4) is 0 Å². The van der Waals surface area contributed by atoms with Crippen LogP contribution in [-0.2, 0) is 0 Å². The molecule has 3 rings (SSSR count). The molecule has 0 aliphatic rings. The number of carbonyl (C=O) groups is 1. The minimum Gasteiger partial charge on any atom is -0.322 e. The zero-order valence-corrected chi connectivity index (χ0v) is 11.4. The number of nitrogens with zero attached hydrogens (tertiary/aromatic N) is 4.